The molecule has 0 aliphatic carbocycles. The molecule has 1 unspecified atom stereocenters. The fraction of sp³-hybridized carbons (Fsp3) is 0.484. The molecule has 1 N–H and O–H groups in total. The van der Waals surface area contributed by atoms with Gasteiger partial charge in [0.15, 0.2) is 11.5 Å². The van der Waals surface area contributed by atoms with Crippen LogP contribution in [0.5, 0.6) is 17.2 Å². The summed E-state index contributed by atoms with van der Waals surface area (Å²) in [5.41, 5.74) is 1.15. The van der Waals surface area contributed by atoms with Gasteiger partial charge in [0.1, 0.15) is 11.5 Å². The molecule has 2 aliphatic heterocycles. The maximum atomic E-state index is 13.4. The summed E-state index contributed by atoms with van der Waals surface area (Å²) in [6, 6.07) is 11.5. The lowest BCUT2D eigenvalue weighted by Gasteiger charge is -2.31. The Morgan fingerprint density at radius 3 is 2.40 bits per heavy atom. The van der Waals surface area contributed by atoms with Crippen molar-refractivity contribution in [3.8, 4) is 17.2 Å². The molecule has 0 spiro atoms. The number of nitrogens with zero attached hydrogens (tertiary/aromatic N) is 2. The third-order valence-corrected chi connectivity index (χ3v) is 7.25. The van der Waals surface area contributed by atoms with Gasteiger partial charge in [-0.2, -0.15) is 0 Å². The number of unbranched alkanes of at least 4 members (excludes halogenated alkanes) is 2. The quantitative estimate of drug-likeness (QED) is 0.169. The molecule has 0 bridgehead atoms. The SMILES string of the molecule is CCCCCOc1ccc(C2/C(=C(\O)c3ccc(OC)cc3)C(=O)C(=O)N2CCN2CCOCC2)cc1OCC. The van der Waals surface area contributed by atoms with E-state index < -0.39 is 17.7 Å². The highest BCUT2D eigenvalue weighted by Gasteiger charge is 2.46. The fourth-order valence-corrected chi connectivity index (χ4v) is 5.05. The number of methoxy groups -OCH3 is 1. The Morgan fingerprint density at radius 1 is 0.975 bits per heavy atom. The molecule has 1 atom stereocenters. The number of aliphatic hydroxyl groups is 1. The highest BCUT2D eigenvalue weighted by atomic mass is 16.5. The monoisotopic (exact) mass is 552 g/mol. The van der Waals surface area contributed by atoms with E-state index in [9.17, 15) is 14.7 Å². The minimum Gasteiger partial charge on any atom is -0.507 e. The zero-order chi connectivity index (χ0) is 28.5. The molecule has 2 aromatic carbocycles. The number of hydrogen-bond donors (Lipinski definition) is 1. The minimum absolute atomic E-state index is 0.0520. The van der Waals surface area contributed by atoms with Gasteiger partial charge in [0, 0.05) is 31.7 Å². The molecule has 9 nitrogen and oxygen atoms in total. The number of benzene rings is 2. The predicted molar refractivity (Wildman–Crippen MR) is 152 cm³/mol. The smallest absolute Gasteiger partial charge is 0.295 e. The van der Waals surface area contributed by atoms with E-state index in [1.807, 2.05) is 25.1 Å². The highest BCUT2D eigenvalue weighted by molar-refractivity contribution is 6.46. The van der Waals surface area contributed by atoms with Crippen molar-refractivity contribution in [3.63, 3.8) is 0 Å². The van der Waals surface area contributed by atoms with E-state index in [-0.39, 0.29) is 11.3 Å². The summed E-state index contributed by atoms with van der Waals surface area (Å²) in [5.74, 6) is 0.207. The van der Waals surface area contributed by atoms with Gasteiger partial charge in [-0.15, -0.1) is 0 Å². The average molecular weight is 553 g/mol. The number of ketones is 1. The van der Waals surface area contributed by atoms with Crippen LogP contribution in [0.4, 0.5) is 0 Å². The Hall–Kier alpha value is -3.56. The fourth-order valence-electron chi connectivity index (χ4n) is 5.05. The van der Waals surface area contributed by atoms with Gasteiger partial charge in [0.2, 0.25) is 0 Å². The van der Waals surface area contributed by atoms with Crippen LogP contribution in [0.25, 0.3) is 5.76 Å². The molecule has 40 heavy (non-hydrogen) atoms. The van der Waals surface area contributed by atoms with Gasteiger partial charge in [0.25, 0.3) is 11.7 Å². The summed E-state index contributed by atoms with van der Waals surface area (Å²) in [5, 5.41) is 11.4. The van der Waals surface area contributed by atoms with Crippen LogP contribution in [-0.2, 0) is 14.3 Å². The average Bonchev–Trinajstić information content (AvgIpc) is 3.24. The third-order valence-electron chi connectivity index (χ3n) is 7.25. The second-order valence-corrected chi connectivity index (χ2v) is 9.87. The number of ether oxygens (including phenoxy) is 4. The van der Waals surface area contributed by atoms with E-state index in [2.05, 4.69) is 11.8 Å². The van der Waals surface area contributed by atoms with Crippen LogP contribution in [0, 0.1) is 0 Å². The van der Waals surface area contributed by atoms with Gasteiger partial charge < -0.3 is 29.0 Å². The minimum atomic E-state index is -0.781. The first-order chi connectivity index (χ1) is 19.5. The van der Waals surface area contributed by atoms with E-state index in [1.54, 1.807) is 36.3 Å². The van der Waals surface area contributed by atoms with Crippen molar-refractivity contribution in [2.24, 2.45) is 0 Å². The third kappa shape index (κ3) is 6.77. The van der Waals surface area contributed by atoms with Crippen LogP contribution in [0.15, 0.2) is 48.0 Å². The van der Waals surface area contributed by atoms with Crippen molar-refractivity contribution in [3.05, 3.63) is 59.2 Å². The van der Waals surface area contributed by atoms with E-state index in [0.29, 0.717) is 67.9 Å². The molecule has 2 aliphatic rings. The van der Waals surface area contributed by atoms with E-state index >= 15 is 0 Å². The van der Waals surface area contributed by atoms with Crippen LogP contribution in [0.1, 0.15) is 50.3 Å². The number of morpholine rings is 1. The first-order valence-electron chi connectivity index (χ1n) is 14.1. The largest absolute Gasteiger partial charge is 0.507 e. The van der Waals surface area contributed by atoms with Gasteiger partial charge in [-0.05, 0) is 55.3 Å². The maximum absolute atomic E-state index is 13.4. The summed E-state index contributed by atoms with van der Waals surface area (Å²) in [6.45, 7) is 8.75. The van der Waals surface area contributed by atoms with Crippen molar-refractivity contribution >= 4 is 17.4 Å². The van der Waals surface area contributed by atoms with E-state index in [4.69, 9.17) is 18.9 Å². The predicted octanol–water partition coefficient (Wildman–Crippen LogP) is 4.42. The second kappa shape index (κ2) is 14.2. The van der Waals surface area contributed by atoms with Crippen molar-refractivity contribution in [1.82, 2.24) is 9.80 Å². The number of Topliss-reactive ketones (excluding diaryl/α,β-unsaturated/α-hetero) is 1. The van der Waals surface area contributed by atoms with Gasteiger partial charge in [0.05, 0.1) is 45.2 Å². The number of hydrogen-bond acceptors (Lipinski definition) is 8. The lowest BCUT2D eigenvalue weighted by molar-refractivity contribution is -0.140. The molecule has 2 heterocycles. The first-order valence-corrected chi connectivity index (χ1v) is 14.1. The number of carbonyl (C=O) groups is 2. The summed E-state index contributed by atoms with van der Waals surface area (Å²) < 4.78 is 22.6. The highest BCUT2D eigenvalue weighted by Crippen LogP contribution is 2.42. The maximum Gasteiger partial charge on any atom is 0.295 e. The van der Waals surface area contributed by atoms with Crippen molar-refractivity contribution in [1.29, 1.82) is 0 Å². The Balaban J connectivity index is 1.72. The number of rotatable bonds is 13. The van der Waals surface area contributed by atoms with Crippen LogP contribution in [-0.4, -0.2) is 86.3 Å². The molecule has 2 saturated heterocycles. The topological polar surface area (TPSA) is 97.8 Å². The van der Waals surface area contributed by atoms with Gasteiger partial charge >= 0.3 is 0 Å². The van der Waals surface area contributed by atoms with Crippen molar-refractivity contribution in [2.75, 3.05) is 59.7 Å². The van der Waals surface area contributed by atoms with Crippen molar-refractivity contribution < 1.29 is 33.6 Å². The van der Waals surface area contributed by atoms with E-state index in [1.165, 1.54) is 0 Å². The van der Waals surface area contributed by atoms with Crippen LogP contribution < -0.4 is 14.2 Å². The number of amides is 1. The number of aliphatic hydroxyl groups excluding tert-OH is 1. The zero-order valence-corrected chi connectivity index (χ0v) is 23.7. The Morgan fingerprint density at radius 2 is 1.73 bits per heavy atom. The zero-order valence-electron chi connectivity index (χ0n) is 23.7. The number of likely N-dealkylation sites (tertiary alicyclic amines) is 1. The molecule has 0 saturated carbocycles. The van der Waals surface area contributed by atoms with Gasteiger partial charge in [-0.1, -0.05) is 25.8 Å². The molecular weight excluding hydrogens is 512 g/mol. The number of carbonyl (C=O) groups excluding carboxylic acids is 2. The molecule has 4 rings (SSSR count). The summed E-state index contributed by atoms with van der Waals surface area (Å²) >= 11 is 0. The van der Waals surface area contributed by atoms with Gasteiger partial charge in [-0.25, -0.2) is 0 Å². The molecule has 0 aromatic heterocycles. The normalized spacial score (nSPS) is 19.2. The molecular formula is C31H40N2O7. The van der Waals surface area contributed by atoms with Crippen LogP contribution >= 0.6 is 0 Å². The Bertz CT molecular complexity index is 1190. The van der Waals surface area contributed by atoms with Gasteiger partial charge in [-0.3, -0.25) is 14.5 Å². The first kappa shape index (κ1) is 29.4. The lowest BCUT2D eigenvalue weighted by Crippen LogP contribution is -2.42. The molecule has 9 heteroatoms. The van der Waals surface area contributed by atoms with Crippen LogP contribution in [0.3, 0.4) is 0 Å². The molecule has 0 radical (unpaired) electrons. The lowest BCUT2D eigenvalue weighted by atomic mass is 9.95. The molecule has 216 valence electrons. The summed E-state index contributed by atoms with van der Waals surface area (Å²) in [4.78, 5) is 30.6. The van der Waals surface area contributed by atoms with Crippen molar-refractivity contribution in [2.45, 2.75) is 39.2 Å². The summed E-state index contributed by atoms with van der Waals surface area (Å²) in [6.07, 6.45) is 3.11. The Kier molecular flexibility index (Phi) is 10.4. The summed E-state index contributed by atoms with van der Waals surface area (Å²) in [7, 11) is 1.56. The Labute approximate surface area is 236 Å². The van der Waals surface area contributed by atoms with Crippen LogP contribution in [0.2, 0.25) is 0 Å². The molecule has 2 aromatic rings. The molecule has 2 fully saturated rings. The second-order valence-electron chi connectivity index (χ2n) is 9.87. The standard InChI is InChI=1S/C31H40N2O7/c1-4-6-7-18-40-25-13-10-23(21-26(25)39-5-2)28-27(29(34)22-8-11-24(37-3)12-9-22)30(35)31(36)33(28)15-14-32-16-19-38-20-17-32/h8-13,21,28,34H,4-7,14-20H2,1-3H3/b29-27+. The van der Waals surface area contributed by atoms with E-state index in [0.717, 1.165) is 32.4 Å². The molecule has 1 amide bonds.